The molecule has 178 valence electrons. The number of carbonyl (C=O) groups is 1. The fourth-order valence-corrected chi connectivity index (χ4v) is 4.85. The summed E-state index contributed by atoms with van der Waals surface area (Å²) in [7, 11) is 0. The molecule has 2 fully saturated rings. The van der Waals surface area contributed by atoms with Gasteiger partial charge in [0.15, 0.2) is 0 Å². The molecular weight excluding hydrogens is 428 g/mol. The number of fused-ring (bicyclic) bond motifs is 1. The summed E-state index contributed by atoms with van der Waals surface area (Å²) >= 11 is 0. The number of pyridine rings is 1. The lowest BCUT2D eigenvalue weighted by molar-refractivity contribution is 0.0944. The van der Waals surface area contributed by atoms with Gasteiger partial charge in [-0.25, -0.2) is 0 Å². The summed E-state index contributed by atoms with van der Waals surface area (Å²) in [5.74, 6) is 0.482. The minimum absolute atomic E-state index is 0.0215. The van der Waals surface area contributed by atoms with Gasteiger partial charge < -0.3 is 24.8 Å². The SMILES string of the molecule is O=C(NCC1CCNCC1)c1cccc(Cn2ccc3cc(N4CCOCC4)ccc3c2=O)c1. The summed E-state index contributed by atoms with van der Waals surface area (Å²) < 4.78 is 7.15. The van der Waals surface area contributed by atoms with Crippen LogP contribution < -0.4 is 21.1 Å². The van der Waals surface area contributed by atoms with E-state index < -0.39 is 0 Å². The van der Waals surface area contributed by atoms with Crippen molar-refractivity contribution in [2.75, 3.05) is 50.8 Å². The lowest BCUT2D eigenvalue weighted by atomic mass is 9.98. The van der Waals surface area contributed by atoms with Gasteiger partial charge in [-0.2, -0.15) is 0 Å². The second-order valence-corrected chi connectivity index (χ2v) is 9.22. The van der Waals surface area contributed by atoms with Gasteiger partial charge in [0.25, 0.3) is 11.5 Å². The van der Waals surface area contributed by atoms with Crippen LogP contribution in [0.15, 0.2) is 59.5 Å². The van der Waals surface area contributed by atoms with Crippen LogP contribution in [0.4, 0.5) is 5.69 Å². The first-order valence-electron chi connectivity index (χ1n) is 12.2. The number of amides is 1. The van der Waals surface area contributed by atoms with E-state index in [0.29, 0.717) is 30.0 Å². The summed E-state index contributed by atoms with van der Waals surface area (Å²) in [4.78, 5) is 28.1. The van der Waals surface area contributed by atoms with Gasteiger partial charge in [0.2, 0.25) is 0 Å². The number of hydrogen-bond acceptors (Lipinski definition) is 5. The standard InChI is InChI=1S/C27H32N4O3/c32-26(29-18-20-6-9-28-10-7-20)23-3-1-2-21(16-23)19-31-11-8-22-17-24(4-5-25(22)27(31)33)30-12-14-34-15-13-30/h1-5,8,11,16-17,20,28H,6-7,9-10,12-15,18-19H2,(H,29,32). The molecule has 2 aromatic carbocycles. The van der Waals surface area contributed by atoms with E-state index in [2.05, 4.69) is 21.6 Å². The highest BCUT2D eigenvalue weighted by Crippen LogP contribution is 2.21. The van der Waals surface area contributed by atoms with Crippen molar-refractivity contribution in [2.45, 2.75) is 19.4 Å². The first-order chi connectivity index (χ1) is 16.7. The molecule has 5 rings (SSSR count). The number of aromatic nitrogens is 1. The third-order valence-corrected chi connectivity index (χ3v) is 6.89. The van der Waals surface area contributed by atoms with E-state index in [1.807, 2.05) is 48.7 Å². The van der Waals surface area contributed by atoms with Crippen LogP contribution in [0, 0.1) is 5.92 Å². The molecule has 0 unspecified atom stereocenters. The molecule has 0 atom stereocenters. The third kappa shape index (κ3) is 5.16. The zero-order chi connectivity index (χ0) is 23.3. The van der Waals surface area contributed by atoms with Gasteiger partial charge in [0, 0.05) is 42.5 Å². The number of hydrogen-bond donors (Lipinski definition) is 2. The lowest BCUT2D eigenvalue weighted by Gasteiger charge is -2.29. The van der Waals surface area contributed by atoms with Crippen LogP contribution in [-0.4, -0.2) is 56.4 Å². The number of nitrogens with one attached hydrogen (secondary N) is 2. The Morgan fingerprint density at radius 2 is 1.88 bits per heavy atom. The molecule has 3 heterocycles. The topological polar surface area (TPSA) is 75.6 Å². The maximum Gasteiger partial charge on any atom is 0.258 e. The van der Waals surface area contributed by atoms with E-state index in [4.69, 9.17) is 4.74 Å². The summed E-state index contributed by atoms with van der Waals surface area (Å²) in [6.07, 6.45) is 4.04. The summed E-state index contributed by atoms with van der Waals surface area (Å²) in [5.41, 5.74) is 2.67. The van der Waals surface area contributed by atoms with E-state index in [1.54, 1.807) is 4.57 Å². The zero-order valence-corrected chi connectivity index (χ0v) is 19.5. The third-order valence-electron chi connectivity index (χ3n) is 6.89. The highest BCUT2D eigenvalue weighted by molar-refractivity contribution is 5.94. The van der Waals surface area contributed by atoms with Crippen molar-refractivity contribution in [1.82, 2.24) is 15.2 Å². The Morgan fingerprint density at radius 1 is 1.06 bits per heavy atom. The molecule has 2 aliphatic heterocycles. The van der Waals surface area contributed by atoms with Crippen LogP contribution in [0.25, 0.3) is 10.8 Å². The maximum atomic E-state index is 13.2. The number of piperidine rings is 1. The molecule has 2 aliphatic rings. The van der Waals surface area contributed by atoms with Crippen LogP contribution in [0.1, 0.15) is 28.8 Å². The van der Waals surface area contributed by atoms with Crippen molar-refractivity contribution in [3.8, 4) is 0 Å². The molecule has 1 amide bonds. The normalized spacial score (nSPS) is 17.1. The summed E-state index contributed by atoms with van der Waals surface area (Å²) in [5, 5.41) is 8.08. The second-order valence-electron chi connectivity index (χ2n) is 9.22. The number of carbonyl (C=O) groups excluding carboxylic acids is 1. The second kappa shape index (κ2) is 10.4. The van der Waals surface area contributed by atoms with Crippen molar-refractivity contribution < 1.29 is 9.53 Å². The fourth-order valence-electron chi connectivity index (χ4n) is 4.85. The van der Waals surface area contributed by atoms with Crippen LogP contribution in [0.3, 0.4) is 0 Å². The van der Waals surface area contributed by atoms with E-state index in [1.165, 1.54) is 0 Å². The Balaban J connectivity index is 1.29. The van der Waals surface area contributed by atoms with Gasteiger partial charge in [-0.1, -0.05) is 12.1 Å². The number of benzene rings is 2. The molecule has 0 spiro atoms. The number of rotatable bonds is 6. The minimum Gasteiger partial charge on any atom is -0.378 e. The van der Waals surface area contributed by atoms with Gasteiger partial charge in [0.05, 0.1) is 19.8 Å². The highest BCUT2D eigenvalue weighted by atomic mass is 16.5. The van der Waals surface area contributed by atoms with E-state index in [9.17, 15) is 9.59 Å². The molecule has 0 bridgehead atoms. The quantitative estimate of drug-likeness (QED) is 0.592. The molecular formula is C27H32N4O3. The number of nitrogens with zero attached hydrogens (tertiary/aromatic N) is 2. The molecule has 0 radical (unpaired) electrons. The largest absolute Gasteiger partial charge is 0.378 e. The molecule has 7 heteroatoms. The predicted octanol–water partition coefficient (Wildman–Crippen LogP) is 2.62. The summed E-state index contributed by atoms with van der Waals surface area (Å²) in [6, 6.07) is 15.6. The average molecular weight is 461 g/mol. The fraction of sp³-hybridized carbons (Fsp3) is 0.407. The molecule has 2 N–H and O–H groups in total. The Hall–Kier alpha value is -3.16. The van der Waals surface area contributed by atoms with Crippen LogP contribution in [0.5, 0.6) is 0 Å². The monoisotopic (exact) mass is 460 g/mol. The van der Waals surface area contributed by atoms with E-state index in [0.717, 1.165) is 68.9 Å². The van der Waals surface area contributed by atoms with E-state index in [-0.39, 0.29) is 11.5 Å². The number of anilines is 1. The molecule has 0 aliphatic carbocycles. The molecule has 7 nitrogen and oxygen atoms in total. The average Bonchev–Trinajstić information content (AvgIpc) is 2.90. The number of ether oxygens (including phenoxy) is 1. The molecule has 3 aromatic rings. The van der Waals surface area contributed by atoms with Crippen LogP contribution in [0.2, 0.25) is 0 Å². The zero-order valence-electron chi connectivity index (χ0n) is 19.5. The molecule has 0 saturated carbocycles. The van der Waals surface area contributed by atoms with Crippen molar-refractivity contribution in [1.29, 1.82) is 0 Å². The Labute approximate surface area is 199 Å². The van der Waals surface area contributed by atoms with Gasteiger partial charge in [-0.3, -0.25) is 9.59 Å². The molecule has 34 heavy (non-hydrogen) atoms. The van der Waals surface area contributed by atoms with Gasteiger partial charge in [-0.15, -0.1) is 0 Å². The first-order valence-corrected chi connectivity index (χ1v) is 12.2. The Bertz CT molecular complexity index is 1210. The summed E-state index contributed by atoms with van der Waals surface area (Å²) in [6.45, 7) is 6.37. The Morgan fingerprint density at radius 3 is 2.71 bits per heavy atom. The van der Waals surface area contributed by atoms with Crippen molar-refractivity contribution in [3.05, 3.63) is 76.2 Å². The molecule has 1 aromatic heterocycles. The van der Waals surface area contributed by atoms with Gasteiger partial charge in [-0.05, 0) is 79.2 Å². The van der Waals surface area contributed by atoms with Gasteiger partial charge >= 0.3 is 0 Å². The van der Waals surface area contributed by atoms with Gasteiger partial charge in [0.1, 0.15) is 0 Å². The van der Waals surface area contributed by atoms with Crippen molar-refractivity contribution in [2.24, 2.45) is 5.92 Å². The lowest BCUT2D eigenvalue weighted by Crippen LogP contribution is -2.36. The van der Waals surface area contributed by atoms with E-state index >= 15 is 0 Å². The van der Waals surface area contributed by atoms with Crippen LogP contribution >= 0.6 is 0 Å². The van der Waals surface area contributed by atoms with Crippen molar-refractivity contribution in [3.63, 3.8) is 0 Å². The van der Waals surface area contributed by atoms with Crippen LogP contribution in [-0.2, 0) is 11.3 Å². The first kappa shape index (κ1) is 22.6. The number of morpholine rings is 1. The maximum absolute atomic E-state index is 13.2. The predicted molar refractivity (Wildman–Crippen MR) is 135 cm³/mol. The minimum atomic E-state index is -0.0538. The van der Waals surface area contributed by atoms with Crippen molar-refractivity contribution >= 4 is 22.4 Å². The smallest absolute Gasteiger partial charge is 0.258 e. The highest BCUT2D eigenvalue weighted by Gasteiger charge is 2.15. The Kier molecular flexibility index (Phi) is 6.92. The molecule has 2 saturated heterocycles.